The topological polar surface area (TPSA) is 94.1 Å². The van der Waals surface area contributed by atoms with E-state index < -0.39 is 18.0 Å². The largest absolute Gasteiger partial charge is 0.449 e. The van der Waals surface area contributed by atoms with Gasteiger partial charge in [0.25, 0.3) is 5.91 Å². The second kappa shape index (κ2) is 8.61. The Labute approximate surface area is 183 Å². The molecule has 1 N–H and O–H groups in total. The molecule has 0 fully saturated rings. The quantitative estimate of drug-likeness (QED) is 0.465. The number of thiazole rings is 1. The van der Waals surface area contributed by atoms with Crippen molar-refractivity contribution in [3.63, 3.8) is 0 Å². The molecule has 1 amide bonds. The number of hydrogen-bond acceptors (Lipinski definition) is 7. The number of rotatable bonds is 5. The third-order valence-corrected chi connectivity index (χ3v) is 5.79. The maximum absolute atomic E-state index is 13.0. The number of aromatic nitrogens is 3. The number of nitrogens with zero attached hydrogens (tertiary/aromatic N) is 3. The van der Waals surface area contributed by atoms with Crippen LogP contribution in [0, 0.1) is 13.8 Å². The van der Waals surface area contributed by atoms with Crippen LogP contribution < -0.4 is 5.32 Å². The molecule has 31 heavy (non-hydrogen) atoms. The van der Waals surface area contributed by atoms with Crippen LogP contribution in [0.4, 0.5) is 5.13 Å². The van der Waals surface area contributed by atoms with E-state index in [9.17, 15) is 9.59 Å². The first-order valence-corrected chi connectivity index (χ1v) is 10.5. The molecule has 4 aromatic rings. The Morgan fingerprint density at radius 1 is 1.10 bits per heavy atom. The van der Waals surface area contributed by atoms with Gasteiger partial charge in [-0.15, -0.1) is 11.3 Å². The van der Waals surface area contributed by atoms with E-state index in [0.29, 0.717) is 27.3 Å². The lowest BCUT2D eigenvalue weighted by molar-refractivity contribution is -0.123. The van der Waals surface area contributed by atoms with E-state index in [0.717, 1.165) is 16.1 Å². The van der Waals surface area contributed by atoms with E-state index in [4.69, 9.17) is 4.74 Å². The summed E-state index contributed by atoms with van der Waals surface area (Å²) >= 11 is 1.38. The number of carbonyl (C=O) groups is 2. The molecule has 1 atom stereocenters. The molecular formula is C23H20N4O3S. The van der Waals surface area contributed by atoms with Crippen LogP contribution in [-0.2, 0) is 9.53 Å². The van der Waals surface area contributed by atoms with Crippen molar-refractivity contribution in [2.45, 2.75) is 26.9 Å². The molecule has 0 radical (unpaired) electrons. The van der Waals surface area contributed by atoms with Crippen molar-refractivity contribution in [1.82, 2.24) is 15.0 Å². The Kier molecular flexibility index (Phi) is 5.73. The number of anilines is 1. The molecule has 4 rings (SSSR count). The van der Waals surface area contributed by atoms with Crippen LogP contribution in [0.25, 0.3) is 22.2 Å². The van der Waals surface area contributed by atoms with Crippen LogP contribution in [0.1, 0.15) is 27.9 Å². The number of ether oxygens (including phenoxy) is 1. The summed E-state index contributed by atoms with van der Waals surface area (Å²) in [6.45, 7) is 5.34. The molecule has 3 heterocycles. The summed E-state index contributed by atoms with van der Waals surface area (Å²) < 4.78 is 5.49. The van der Waals surface area contributed by atoms with Crippen molar-refractivity contribution in [2.75, 3.05) is 5.32 Å². The highest BCUT2D eigenvalue weighted by Gasteiger charge is 2.22. The Morgan fingerprint density at radius 3 is 2.61 bits per heavy atom. The maximum atomic E-state index is 13.0. The second-order valence-electron chi connectivity index (χ2n) is 7.01. The van der Waals surface area contributed by atoms with Crippen molar-refractivity contribution in [3.8, 4) is 11.3 Å². The predicted octanol–water partition coefficient (Wildman–Crippen LogP) is 4.55. The zero-order valence-corrected chi connectivity index (χ0v) is 18.1. The number of aryl methyl sites for hydroxylation is 2. The molecule has 0 saturated carbocycles. The maximum Gasteiger partial charge on any atom is 0.339 e. The molecule has 0 spiro atoms. The van der Waals surface area contributed by atoms with Crippen molar-refractivity contribution in [2.24, 2.45) is 0 Å². The molecule has 0 bridgehead atoms. The first-order valence-electron chi connectivity index (χ1n) is 9.68. The van der Waals surface area contributed by atoms with Gasteiger partial charge in [0.05, 0.1) is 22.5 Å². The summed E-state index contributed by atoms with van der Waals surface area (Å²) in [4.78, 5) is 39.6. The minimum Gasteiger partial charge on any atom is -0.449 e. The fourth-order valence-corrected chi connectivity index (χ4v) is 3.83. The van der Waals surface area contributed by atoms with E-state index in [-0.39, 0.29) is 0 Å². The van der Waals surface area contributed by atoms with Gasteiger partial charge >= 0.3 is 5.97 Å². The molecule has 0 aliphatic carbocycles. The lowest BCUT2D eigenvalue weighted by Crippen LogP contribution is -2.30. The van der Waals surface area contributed by atoms with E-state index >= 15 is 0 Å². The number of benzene rings is 1. The van der Waals surface area contributed by atoms with Gasteiger partial charge in [0.2, 0.25) is 0 Å². The Morgan fingerprint density at radius 2 is 1.90 bits per heavy atom. The molecule has 156 valence electrons. The SMILES string of the molecule is Cc1nc(NC(=O)C(C)OC(=O)c2cc(-c3cccnc3)nc3ccccc23)sc1C. The van der Waals surface area contributed by atoms with E-state index in [1.54, 1.807) is 30.6 Å². The minimum absolute atomic E-state index is 0.338. The first-order chi connectivity index (χ1) is 14.9. The van der Waals surface area contributed by atoms with Crippen molar-refractivity contribution in [1.29, 1.82) is 0 Å². The van der Waals surface area contributed by atoms with Gasteiger partial charge in [-0.3, -0.25) is 15.1 Å². The summed E-state index contributed by atoms with van der Waals surface area (Å²) in [5.74, 6) is -1.04. The van der Waals surface area contributed by atoms with Gasteiger partial charge in [-0.25, -0.2) is 14.8 Å². The van der Waals surface area contributed by atoms with E-state index in [1.807, 2.05) is 38.1 Å². The average Bonchev–Trinajstić information content (AvgIpc) is 3.09. The molecule has 0 aliphatic rings. The molecule has 3 aromatic heterocycles. The number of pyridine rings is 2. The Bertz CT molecular complexity index is 1250. The normalized spacial score (nSPS) is 11.8. The highest BCUT2D eigenvalue weighted by molar-refractivity contribution is 7.15. The third-order valence-electron chi connectivity index (χ3n) is 4.81. The zero-order chi connectivity index (χ0) is 22.0. The number of esters is 1. The second-order valence-corrected chi connectivity index (χ2v) is 8.21. The fourth-order valence-electron chi connectivity index (χ4n) is 3.02. The Balaban J connectivity index is 1.60. The highest BCUT2D eigenvalue weighted by Crippen LogP contribution is 2.26. The lowest BCUT2D eigenvalue weighted by atomic mass is 10.1. The minimum atomic E-state index is -0.995. The Hall–Kier alpha value is -3.65. The molecule has 1 aromatic carbocycles. The monoisotopic (exact) mass is 432 g/mol. The van der Waals surface area contributed by atoms with Crippen LogP contribution in [0.2, 0.25) is 0 Å². The van der Waals surface area contributed by atoms with Crippen LogP contribution in [-0.4, -0.2) is 32.9 Å². The number of fused-ring (bicyclic) bond motifs is 1. The summed E-state index contributed by atoms with van der Waals surface area (Å²) in [7, 11) is 0. The lowest BCUT2D eigenvalue weighted by Gasteiger charge is -2.14. The van der Waals surface area contributed by atoms with Crippen molar-refractivity contribution < 1.29 is 14.3 Å². The molecular weight excluding hydrogens is 412 g/mol. The van der Waals surface area contributed by atoms with E-state index in [1.165, 1.54) is 18.3 Å². The van der Waals surface area contributed by atoms with Gasteiger partial charge in [0.15, 0.2) is 11.2 Å². The van der Waals surface area contributed by atoms with Gasteiger partial charge in [-0.1, -0.05) is 18.2 Å². The summed E-state index contributed by atoms with van der Waals surface area (Å²) in [5.41, 5.74) is 3.23. The van der Waals surface area contributed by atoms with Crippen LogP contribution in [0.15, 0.2) is 54.9 Å². The molecule has 0 aliphatic heterocycles. The molecule has 0 saturated heterocycles. The predicted molar refractivity (Wildman–Crippen MR) is 120 cm³/mol. The number of para-hydroxylation sites is 1. The number of carbonyl (C=O) groups excluding carboxylic acids is 2. The van der Waals surface area contributed by atoms with E-state index in [2.05, 4.69) is 20.3 Å². The van der Waals surface area contributed by atoms with Gasteiger partial charge in [-0.2, -0.15) is 0 Å². The number of amides is 1. The standard InChI is InChI=1S/C23H20N4O3S/c1-13-15(3)31-23(25-13)27-21(28)14(2)30-22(29)18-11-20(16-7-6-10-24-12-16)26-19-9-5-4-8-17(18)19/h4-12,14H,1-3H3,(H,25,27,28). The van der Waals surface area contributed by atoms with Gasteiger partial charge in [0.1, 0.15) is 0 Å². The van der Waals surface area contributed by atoms with Crippen molar-refractivity contribution in [3.05, 3.63) is 71.0 Å². The third kappa shape index (κ3) is 4.44. The van der Waals surface area contributed by atoms with Crippen molar-refractivity contribution >= 4 is 39.2 Å². The van der Waals surface area contributed by atoms with Gasteiger partial charge in [0, 0.05) is 28.2 Å². The van der Waals surface area contributed by atoms with Crippen LogP contribution in [0.3, 0.4) is 0 Å². The fraction of sp³-hybridized carbons (Fsp3) is 0.174. The zero-order valence-electron chi connectivity index (χ0n) is 17.2. The number of hydrogen-bond donors (Lipinski definition) is 1. The number of nitrogens with one attached hydrogen (secondary N) is 1. The smallest absolute Gasteiger partial charge is 0.339 e. The average molecular weight is 433 g/mol. The first kappa shape index (κ1) is 20.6. The molecule has 1 unspecified atom stereocenters. The summed E-state index contributed by atoms with van der Waals surface area (Å²) in [6, 6.07) is 12.7. The van der Waals surface area contributed by atoms with Crippen LogP contribution in [0.5, 0.6) is 0 Å². The summed E-state index contributed by atoms with van der Waals surface area (Å²) in [6.07, 6.45) is 2.36. The molecule has 8 heteroatoms. The summed E-state index contributed by atoms with van der Waals surface area (Å²) in [5, 5.41) is 3.84. The van der Waals surface area contributed by atoms with Gasteiger partial charge in [-0.05, 0) is 45.0 Å². The highest BCUT2D eigenvalue weighted by atomic mass is 32.1. The van der Waals surface area contributed by atoms with Gasteiger partial charge < -0.3 is 4.74 Å². The van der Waals surface area contributed by atoms with Crippen LogP contribution >= 0.6 is 11.3 Å². The molecule has 7 nitrogen and oxygen atoms in total.